The second-order valence-corrected chi connectivity index (χ2v) is 3.34. The van der Waals surface area contributed by atoms with Gasteiger partial charge in [-0.2, -0.15) is 5.10 Å². The zero-order chi connectivity index (χ0) is 11.7. The minimum absolute atomic E-state index is 0.171. The average molecular weight is 218 g/mol. The third kappa shape index (κ3) is 1.65. The van der Waals surface area contributed by atoms with Crippen molar-refractivity contribution in [3.63, 3.8) is 0 Å². The molecule has 2 rings (SSSR count). The van der Waals surface area contributed by atoms with Gasteiger partial charge < -0.3 is 5.11 Å². The molecule has 2 aromatic heterocycles. The Balaban J connectivity index is 2.54. The molecule has 0 spiro atoms. The number of nitrogens with zero attached hydrogens (tertiary/aromatic N) is 4. The van der Waals surface area contributed by atoms with Crippen molar-refractivity contribution in [3.8, 4) is 5.82 Å². The standard InChI is InChI=1S/C10H10N4O2/c1-6-8(10(15)16)5-14(13-6)9-7(2)11-3-4-12-9/h3-5H,1-2H3,(H,15,16). The number of hydrogen-bond acceptors (Lipinski definition) is 4. The van der Waals surface area contributed by atoms with Crippen molar-refractivity contribution < 1.29 is 9.90 Å². The van der Waals surface area contributed by atoms with E-state index < -0.39 is 5.97 Å². The molecule has 1 N–H and O–H groups in total. The van der Waals surface area contributed by atoms with E-state index in [9.17, 15) is 4.79 Å². The number of hydrogen-bond donors (Lipinski definition) is 1. The predicted molar refractivity (Wildman–Crippen MR) is 55.6 cm³/mol. The molecule has 0 radical (unpaired) electrons. The van der Waals surface area contributed by atoms with Crippen LogP contribution in [0, 0.1) is 13.8 Å². The van der Waals surface area contributed by atoms with Crippen LogP contribution in [0.3, 0.4) is 0 Å². The molecule has 0 atom stereocenters. The Morgan fingerprint density at radius 3 is 2.50 bits per heavy atom. The molecular weight excluding hydrogens is 208 g/mol. The topological polar surface area (TPSA) is 80.9 Å². The summed E-state index contributed by atoms with van der Waals surface area (Å²) in [6, 6.07) is 0. The van der Waals surface area contributed by atoms with Gasteiger partial charge in [-0.25, -0.2) is 14.5 Å². The molecule has 6 heteroatoms. The van der Waals surface area contributed by atoms with E-state index in [0.29, 0.717) is 17.2 Å². The Kier molecular flexibility index (Phi) is 2.40. The minimum atomic E-state index is -0.995. The highest BCUT2D eigenvalue weighted by molar-refractivity contribution is 5.88. The van der Waals surface area contributed by atoms with Gasteiger partial charge in [0.2, 0.25) is 0 Å². The monoisotopic (exact) mass is 218 g/mol. The zero-order valence-corrected chi connectivity index (χ0v) is 8.88. The zero-order valence-electron chi connectivity index (χ0n) is 8.88. The van der Waals surface area contributed by atoms with Gasteiger partial charge in [-0.15, -0.1) is 0 Å². The molecule has 0 aliphatic carbocycles. The van der Waals surface area contributed by atoms with Gasteiger partial charge in [0.25, 0.3) is 0 Å². The fraction of sp³-hybridized carbons (Fsp3) is 0.200. The lowest BCUT2D eigenvalue weighted by molar-refractivity contribution is 0.0696. The van der Waals surface area contributed by atoms with E-state index in [1.165, 1.54) is 10.9 Å². The summed E-state index contributed by atoms with van der Waals surface area (Å²) in [5.41, 5.74) is 1.32. The number of aromatic nitrogens is 4. The number of carboxylic acid groups (broad SMARTS) is 1. The van der Waals surface area contributed by atoms with Crippen LogP contribution in [0.4, 0.5) is 0 Å². The van der Waals surface area contributed by atoms with Crippen molar-refractivity contribution in [2.75, 3.05) is 0 Å². The smallest absolute Gasteiger partial charge is 0.339 e. The van der Waals surface area contributed by atoms with E-state index in [1.54, 1.807) is 26.2 Å². The van der Waals surface area contributed by atoms with Crippen LogP contribution >= 0.6 is 0 Å². The number of aromatic carboxylic acids is 1. The molecule has 0 unspecified atom stereocenters. The highest BCUT2D eigenvalue weighted by Gasteiger charge is 2.14. The highest BCUT2D eigenvalue weighted by Crippen LogP contribution is 2.11. The lowest BCUT2D eigenvalue weighted by atomic mass is 10.3. The summed E-state index contributed by atoms with van der Waals surface area (Å²) in [5.74, 6) is -0.455. The van der Waals surface area contributed by atoms with E-state index in [-0.39, 0.29) is 5.56 Å². The molecule has 0 aliphatic rings. The van der Waals surface area contributed by atoms with Crippen LogP contribution in [0.15, 0.2) is 18.6 Å². The van der Waals surface area contributed by atoms with Crippen LogP contribution in [0.25, 0.3) is 5.82 Å². The maximum absolute atomic E-state index is 10.9. The Morgan fingerprint density at radius 1 is 1.25 bits per heavy atom. The van der Waals surface area contributed by atoms with Crippen molar-refractivity contribution in [1.29, 1.82) is 0 Å². The number of rotatable bonds is 2. The van der Waals surface area contributed by atoms with E-state index in [2.05, 4.69) is 15.1 Å². The molecule has 2 heterocycles. The lowest BCUT2D eigenvalue weighted by Gasteiger charge is -2.01. The normalized spacial score (nSPS) is 10.4. The fourth-order valence-electron chi connectivity index (χ4n) is 1.40. The van der Waals surface area contributed by atoms with Gasteiger partial charge in [-0.05, 0) is 13.8 Å². The molecule has 0 amide bonds. The third-order valence-corrected chi connectivity index (χ3v) is 2.20. The van der Waals surface area contributed by atoms with Crippen molar-refractivity contribution >= 4 is 5.97 Å². The molecule has 0 fully saturated rings. The molecule has 0 aliphatic heterocycles. The predicted octanol–water partition coefficient (Wildman–Crippen LogP) is 0.977. The fourth-order valence-corrected chi connectivity index (χ4v) is 1.40. The molecule has 0 aromatic carbocycles. The Morgan fingerprint density at radius 2 is 1.94 bits per heavy atom. The van der Waals surface area contributed by atoms with Crippen molar-refractivity contribution in [1.82, 2.24) is 19.7 Å². The van der Waals surface area contributed by atoms with Crippen LogP contribution in [0.5, 0.6) is 0 Å². The highest BCUT2D eigenvalue weighted by atomic mass is 16.4. The van der Waals surface area contributed by atoms with Gasteiger partial charge in [-0.1, -0.05) is 0 Å². The van der Waals surface area contributed by atoms with Crippen molar-refractivity contribution in [3.05, 3.63) is 35.5 Å². The summed E-state index contributed by atoms with van der Waals surface area (Å²) >= 11 is 0. The first kappa shape index (κ1) is 10.3. The summed E-state index contributed by atoms with van der Waals surface area (Å²) in [4.78, 5) is 19.0. The maximum atomic E-state index is 10.9. The first-order chi connectivity index (χ1) is 7.59. The van der Waals surface area contributed by atoms with Gasteiger partial charge in [0.15, 0.2) is 5.82 Å². The molecule has 0 saturated carbocycles. The number of aryl methyl sites for hydroxylation is 2. The SMILES string of the molecule is Cc1nn(-c2nccnc2C)cc1C(=O)O. The van der Waals surface area contributed by atoms with Crippen LogP contribution in [-0.4, -0.2) is 30.8 Å². The van der Waals surface area contributed by atoms with E-state index in [4.69, 9.17) is 5.11 Å². The quantitative estimate of drug-likeness (QED) is 0.812. The molecule has 6 nitrogen and oxygen atoms in total. The largest absolute Gasteiger partial charge is 0.478 e. The molecule has 82 valence electrons. The molecule has 0 bridgehead atoms. The number of carboxylic acids is 1. The van der Waals surface area contributed by atoms with Gasteiger partial charge in [0.1, 0.15) is 5.56 Å². The van der Waals surface area contributed by atoms with Crippen LogP contribution in [0.1, 0.15) is 21.7 Å². The average Bonchev–Trinajstić information content (AvgIpc) is 2.61. The molecule has 16 heavy (non-hydrogen) atoms. The summed E-state index contributed by atoms with van der Waals surface area (Å²) in [5, 5.41) is 13.0. The summed E-state index contributed by atoms with van der Waals surface area (Å²) in [7, 11) is 0. The lowest BCUT2D eigenvalue weighted by Crippen LogP contribution is -2.02. The first-order valence-electron chi connectivity index (χ1n) is 4.67. The van der Waals surface area contributed by atoms with Gasteiger partial charge in [0.05, 0.1) is 11.4 Å². The summed E-state index contributed by atoms with van der Waals surface area (Å²) in [6.07, 6.45) is 4.56. The Bertz CT molecular complexity index is 548. The molecular formula is C10H10N4O2. The van der Waals surface area contributed by atoms with E-state index in [0.717, 1.165) is 0 Å². The Hall–Kier alpha value is -2.24. The summed E-state index contributed by atoms with van der Waals surface area (Å²) < 4.78 is 1.43. The van der Waals surface area contributed by atoms with Crippen LogP contribution in [0.2, 0.25) is 0 Å². The van der Waals surface area contributed by atoms with Crippen LogP contribution in [-0.2, 0) is 0 Å². The summed E-state index contributed by atoms with van der Waals surface area (Å²) in [6.45, 7) is 3.44. The molecule has 0 saturated heterocycles. The van der Waals surface area contributed by atoms with Gasteiger partial charge in [-0.3, -0.25) is 4.98 Å². The van der Waals surface area contributed by atoms with Gasteiger partial charge >= 0.3 is 5.97 Å². The van der Waals surface area contributed by atoms with Crippen molar-refractivity contribution in [2.45, 2.75) is 13.8 Å². The second kappa shape index (κ2) is 3.73. The Labute approximate surface area is 91.6 Å². The second-order valence-electron chi connectivity index (χ2n) is 3.34. The van der Waals surface area contributed by atoms with Crippen LogP contribution < -0.4 is 0 Å². The maximum Gasteiger partial charge on any atom is 0.339 e. The van der Waals surface area contributed by atoms with Gasteiger partial charge in [0, 0.05) is 18.6 Å². The minimum Gasteiger partial charge on any atom is -0.478 e. The van der Waals surface area contributed by atoms with E-state index >= 15 is 0 Å². The first-order valence-corrected chi connectivity index (χ1v) is 4.67. The molecule has 2 aromatic rings. The van der Waals surface area contributed by atoms with Crippen molar-refractivity contribution in [2.24, 2.45) is 0 Å². The third-order valence-electron chi connectivity index (χ3n) is 2.20. The number of carbonyl (C=O) groups is 1. The van der Waals surface area contributed by atoms with E-state index in [1.807, 2.05) is 0 Å².